The normalized spacial score (nSPS) is 25.7. The second-order valence-electron chi connectivity index (χ2n) is 5.21. The molecule has 1 heterocycles. The number of rotatable bonds is 5. The van der Waals surface area contributed by atoms with Gasteiger partial charge in [-0.3, -0.25) is 0 Å². The largest absolute Gasteiger partial charge is 0.380 e. The van der Waals surface area contributed by atoms with Gasteiger partial charge in [-0.15, -0.1) is 0 Å². The SMILES string of the molecule is COC(C)CNC1CCCN(C(C)C)CC1. The van der Waals surface area contributed by atoms with Crippen LogP contribution in [0.4, 0.5) is 0 Å². The summed E-state index contributed by atoms with van der Waals surface area (Å²) in [6.45, 7) is 10.2. The van der Waals surface area contributed by atoms with Crippen molar-refractivity contribution in [3.63, 3.8) is 0 Å². The summed E-state index contributed by atoms with van der Waals surface area (Å²) < 4.78 is 5.26. The molecule has 3 heteroatoms. The highest BCUT2D eigenvalue weighted by atomic mass is 16.5. The van der Waals surface area contributed by atoms with Crippen LogP contribution in [0.15, 0.2) is 0 Å². The average molecular weight is 228 g/mol. The molecule has 96 valence electrons. The van der Waals surface area contributed by atoms with Crippen LogP contribution >= 0.6 is 0 Å². The molecule has 16 heavy (non-hydrogen) atoms. The minimum Gasteiger partial charge on any atom is -0.380 e. The van der Waals surface area contributed by atoms with E-state index in [1.165, 1.54) is 32.4 Å². The van der Waals surface area contributed by atoms with Gasteiger partial charge >= 0.3 is 0 Å². The summed E-state index contributed by atoms with van der Waals surface area (Å²) >= 11 is 0. The van der Waals surface area contributed by atoms with Crippen molar-refractivity contribution in [1.82, 2.24) is 10.2 Å². The fraction of sp³-hybridized carbons (Fsp3) is 1.00. The van der Waals surface area contributed by atoms with E-state index in [2.05, 4.69) is 31.0 Å². The van der Waals surface area contributed by atoms with Gasteiger partial charge in [-0.05, 0) is 53.1 Å². The molecule has 2 unspecified atom stereocenters. The van der Waals surface area contributed by atoms with Crippen LogP contribution in [0.3, 0.4) is 0 Å². The fourth-order valence-corrected chi connectivity index (χ4v) is 2.26. The Labute approximate surface area is 101 Å². The van der Waals surface area contributed by atoms with Crippen molar-refractivity contribution in [3.05, 3.63) is 0 Å². The summed E-state index contributed by atoms with van der Waals surface area (Å²) in [6.07, 6.45) is 4.22. The molecule has 0 spiro atoms. The highest BCUT2D eigenvalue weighted by Crippen LogP contribution is 2.13. The van der Waals surface area contributed by atoms with E-state index in [4.69, 9.17) is 4.74 Å². The molecule has 2 atom stereocenters. The van der Waals surface area contributed by atoms with Gasteiger partial charge in [0.1, 0.15) is 0 Å². The van der Waals surface area contributed by atoms with Crippen molar-refractivity contribution < 1.29 is 4.74 Å². The quantitative estimate of drug-likeness (QED) is 0.777. The molecule has 0 radical (unpaired) electrons. The second-order valence-corrected chi connectivity index (χ2v) is 5.21. The molecular weight excluding hydrogens is 200 g/mol. The van der Waals surface area contributed by atoms with Crippen molar-refractivity contribution in [2.24, 2.45) is 0 Å². The Kier molecular flexibility index (Phi) is 6.32. The molecule has 0 bridgehead atoms. The van der Waals surface area contributed by atoms with E-state index in [0.717, 1.165) is 6.54 Å². The van der Waals surface area contributed by atoms with E-state index < -0.39 is 0 Å². The smallest absolute Gasteiger partial charge is 0.0667 e. The Morgan fingerprint density at radius 3 is 2.62 bits per heavy atom. The predicted octanol–water partition coefficient (Wildman–Crippen LogP) is 1.87. The van der Waals surface area contributed by atoms with Crippen LogP contribution in [0.2, 0.25) is 0 Å². The van der Waals surface area contributed by atoms with Crippen molar-refractivity contribution >= 4 is 0 Å². The Hall–Kier alpha value is -0.120. The molecule has 0 saturated carbocycles. The Morgan fingerprint density at radius 1 is 1.25 bits per heavy atom. The zero-order chi connectivity index (χ0) is 12.0. The van der Waals surface area contributed by atoms with Crippen molar-refractivity contribution in [2.75, 3.05) is 26.7 Å². The molecule has 1 rings (SSSR count). The lowest BCUT2D eigenvalue weighted by Gasteiger charge is -2.24. The third kappa shape index (κ3) is 4.81. The van der Waals surface area contributed by atoms with Crippen LogP contribution in [0.5, 0.6) is 0 Å². The molecule has 0 amide bonds. The van der Waals surface area contributed by atoms with E-state index >= 15 is 0 Å². The third-order valence-electron chi connectivity index (χ3n) is 3.59. The third-order valence-corrected chi connectivity index (χ3v) is 3.59. The summed E-state index contributed by atoms with van der Waals surface area (Å²) in [5, 5.41) is 3.62. The summed E-state index contributed by atoms with van der Waals surface area (Å²) in [5.41, 5.74) is 0. The number of methoxy groups -OCH3 is 1. The number of ether oxygens (including phenoxy) is 1. The first kappa shape index (κ1) is 13.9. The lowest BCUT2D eigenvalue weighted by Crippen LogP contribution is -2.37. The summed E-state index contributed by atoms with van der Waals surface area (Å²) in [6, 6.07) is 1.37. The van der Waals surface area contributed by atoms with Gasteiger partial charge in [-0.25, -0.2) is 0 Å². The monoisotopic (exact) mass is 228 g/mol. The molecular formula is C13H28N2O. The van der Waals surface area contributed by atoms with Crippen molar-refractivity contribution in [1.29, 1.82) is 0 Å². The number of hydrogen-bond acceptors (Lipinski definition) is 3. The van der Waals surface area contributed by atoms with Crippen molar-refractivity contribution in [3.8, 4) is 0 Å². The molecule has 1 fully saturated rings. The highest BCUT2D eigenvalue weighted by molar-refractivity contribution is 4.77. The molecule has 1 aliphatic heterocycles. The summed E-state index contributed by atoms with van der Waals surface area (Å²) in [7, 11) is 1.78. The lowest BCUT2D eigenvalue weighted by molar-refractivity contribution is 0.113. The van der Waals surface area contributed by atoms with Gasteiger partial charge in [-0.1, -0.05) is 0 Å². The van der Waals surface area contributed by atoms with E-state index in [1.54, 1.807) is 7.11 Å². The minimum atomic E-state index is 0.324. The van der Waals surface area contributed by atoms with Crippen LogP contribution < -0.4 is 5.32 Å². The van der Waals surface area contributed by atoms with Gasteiger partial charge in [-0.2, -0.15) is 0 Å². The molecule has 0 aromatic carbocycles. The van der Waals surface area contributed by atoms with Crippen LogP contribution in [0.25, 0.3) is 0 Å². The van der Waals surface area contributed by atoms with Crippen LogP contribution in [-0.2, 0) is 4.74 Å². The molecule has 1 N–H and O–H groups in total. The highest BCUT2D eigenvalue weighted by Gasteiger charge is 2.18. The first-order chi connectivity index (χ1) is 7.63. The lowest BCUT2D eigenvalue weighted by atomic mass is 10.1. The second kappa shape index (κ2) is 7.25. The van der Waals surface area contributed by atoms with Gasteiger partial charge < -0.3 is 15.0 Å². The van der Waals surface area contributed by atoms with Gasteiger partial charge in [0.05, 0.1) is 6.10 Å². The van der Waals surface area contributed by atoms with E-state index in [-0.39, 0.29) is 0 Å². The molecule has 0 aliphatic carbocycles. The number of likely N-dealkylation sites (tertiary alicyclic amines) is 1. The van der Waals surface area contributed by atoms with E-state index in [0.29, 0.717) is 18.2 Å². The predicted molar refractivity (Wildman–Crippen MR) is 68.8 cm³/mol. The van der Waals surface area contributed by atoms with Gasteiger partial charge in [0.2, 0.25) is 0 Å². The Balaban J connectivity index is 2.25. The van der Waals surface area contributed by atoms with Gasteiger partial charge in [0, 0.05) is 25.7 Å². The topological polar surface area (TPSA) is 24.5 Å². The maximum Gasteiger partial charge on any atom is 0.0667 e. The van der Waals surface area contributed by atoms with Gasteiger partial charge in [0.25, 0.3) is 0 Å². The molecule has 1 saturated heterocycles. The first-order valence-corrected chi connectivity index (χ1v) is 6.63. The zero-order valence-electron chi connectivity index (χ0n) is 11.3. The standard InChI is InChI=1S/C13H28N2O/c1-11(2)15-8-5-6-13(7-9-15)14-10-12(3)16-4/h11-14H,5-10H2,1-4H3. The zero-order valence-corrected chi connectivity index (χ0v) is 11.3. The van der Waals surface area contributed by atoms with Crippen LogP contribution in [0, 0.1) is 0 Å². The van der Waals surface area contributed by atoms with E-state index in [1.807, 2.05) is 0 Å². The fourth-order valence-electron chi connectivity index (χ4n) is 2.26. The maximum atomic E-state index is 5.26. The minimum absolute atomic E-state index is 0.324. The number of nitrogens with zero attached hydrogens (tertiary/aromatic N) is 1. The van der Waals surface area contributed by atoms with Crippen molar-refractivity contribution in [2.45, 2.75) is 58.2 Å². The average Bonchev–Trinajstić information content (AvgIpc) is 2.51. The van der Waals surface area contributed by atoms with Gasteiger partial charge in [0.15, 0.2) is 0 Å². The Morgan fingerprint density at radius 2 is 2.00 bits per heavy atom. The molecule has 1 aliphatic rings. The van der Waals surface area contributed by atoms with Crippen LogP contribution in [-0.4, -0.2) is 49.8 Å². The molecule has 3 nitrogen and oxygen atoms in total. The van der Waals surface area contributed by atoms with Crippen LogP contribution in [0.1, 0.15) is 40.0 Å². The maximum absolute atomic E-state index is 5.26. The number of nitrogens with one attached hydrogen (secondary N) is 1. The van der Waals surface area contributed by atoms with E-state index in [9.17, 15) is 0 Å². The summed E-state index contributed by atoms with van der Waals surface area (Å²) in [5.74, 6) is 0. The molecule has 0 aromatic rings. The Bertz CT molecular complexity index is 185. The summed E-state index contributed by atoms with van der Waals surface area (Å²) in [4.78, 5) is 2.58. The first-order valence-electron chi connectivity index (χ1n) is 6.63. The number of hydrogen-bond donors (Lipinski definition) is 1. The molecule has 0 aromatic heterocycles.